The summed E-state index contributed by atoms with van der Waals surface area (Å²) >= 11 is 1.35. The van der Waals surface area contributed by atoms with Crippen LogP contribution in [0.4, 0.5) is 0 Å². The van der Waals surface area contributed by atoms with Gasteiger partial charge in [0.25, 0.3) is 5.56 Å². The number of nitrogens with one attached hydrogen (secondary N) is 1. The molecule has 3 aliphatic rings. The molecule has 0 bridgehead atoms. The lowest BCUT2D eigenvalue weighted by atomic mass is 10.1. The van der Waals surface area contributed by atoms with Gasteiger partial charge in [-0.15, -0.1) is 11.5 Å². The number of carbonyl (C=O) groups excluding carboxylic acids is 1. The summed E-state index contributed by atoms with van der Waals surface area (Å²) in [6.07, 6.45) is 9.11. The lowest BCUT2D eigenvalue weighted by molar-refractivity contribution is -0.118. The Balaban J connectivity index is 1.78. The predicted molar refractivity (Wildman–Crippen MR) is 112 cm³/mol. The summed E-state index contributed by atoms with van der Waals surface area (Å²) in [7, 11) is 0. The van der Waals surface area contributed by atoms with Crippen LogP contribution in [0.25, 0.3) is 17.1 Å². The smallest absolute Gasteiger partial charge is 0.284 e. The zero-order chi connectivity index (χ0) is 20.2. The third kappa shape index (κ3) is 3.91. The van der Waals surface area contributed by atoms with Crippen molar-refractivity contribution in [3.63, 3.8) is 0 Å². The Bertz CT molecular complexity index is 1100. The zero-order valence-electron chi connectivity index (χ0n) is 15.9. The van der Waals surface area contributed by atoms with E-state index in [-0.39, 0.29) is 23.8 Å². The number of thioether (sulfide) groups is 1. The van der Waals surface area contributed by atoms with Crippen molar-refractivity contribution in [3.8, 4) is 29.4 Å². The Morgan fingerprint density at radius 3 is 2.86 bits per heavy atom. The van der Waals surface area contributed by atoms with Gasteiger partial charge in [-0.2, -0.15) is 4.68 Å². The van der Waals surface area contributed by atoms with E-state index in [0.717, 1.165) is 37.9 Å². The van der Waals surface area contributed by atoms with Gasteiger partial charge in [0, 0.05) is 12.2 Å². The molecule has 8 heteroatoms. The van der Waals surface area contributed by atoms with Crippen LogP contribution in [-0.4, -0.2) is 37.5 Å². The number of aromatic nitrogens is 4. The summed E-state index contributed by atoms with van der Waals surface area (Å²) in [5.74, 6) is 2.89. The minimum Gasteiger partial charge on any atom is -0.344 e. The van der Waals surface area contributed by atoms with Crippen LogP contribution in [0.5, 0.6) is 0 Å². The average molecular weight is 407 g/mol. The fourth-order valence-electron chi connectivity index (χ4n) is 3.54. The first-order chi connectivity index (χ1) is 14.2. The number of nitrogens with zero attached hydrogens (tertiary/aromatic N) is 4. The fourth-order valence-corrected chi connectivity index (χ4v) is 4.41. The van der Waals surface area contributed by atoms with E-state index in [1.165, 1.54) is 16.4 Å². The molecule has 3 aliphatic heterocycles. The van der Waals surface area contributed by atoms with Gasteiger partial charge in [0.05, 0.1) is 18.0 Å². The summed E-state index contributed by atoms with van der Waals surface area (Å²) in [6, 6.07) is 9.35. The Kier molecular flexibility index (Phi) is 5.67. The molecule has 148 valence electrons. The minimum absolute atomic E-state index is 0.142. The third-order valence-corrected chi connectivity index (χ3v) is 5.86. The lowest BCUT2D eigenvalue weighted by Crippen LogP contribution is -2.26. The molecule has 29 heavy (non-hydrogen) atoms. The molecule has 0 spiro atoms. The van der Waals surface area contributed by atoms with Gasteiger partial charge in [0.1, 0.15) is 5.56 Å². The van der Waals surface area contributed by atoms with Crippen LogP contribution in [0.1, 0.15) is 25.0 Å². The summed E-state index contributed by atoms with van der Waals surface area (Å²) in [5, 5.41) is 7.87. The molecule has 1 amide bonds. The Hall–Kier alpha value is -3.05. The second kappa shape index (κ2) is 8.53. The molecule has 1 aromatic rings. The molecule has 0 fully saturated rings. The number of benzene rings is 1. The molecule has 0 saturated heterocycles. The van der Waals surface area contributed by atoms with E-state index >= 15 is 0 Å². The summed E-state index contributed by atoms with van der Waals surface area (Å²) < 4.78 is 3.50. The van der Waals surface area contributed by atoms with Gasteiger partial charge in [-0.3, -0.25) is 9.59 Å². The van der Waals surface area contributed by atoms with Gasteiger partial charge in [-0.05, 0) is 31.4 Å². The number of carbonyl (C=O) groups is 1. The Labute approximate surface area is 172 Å². The largest absolute Gasteiger partial charge is 0.344 e. The lowest BCUT2D eigenvalue weighted by Gasteiger charge is -2.17. The van der Waals surface area contributed by atoms with E-state index in [4.69, 9.17) is 6.42 Å². The van der Waals surface area contributed by atoms with Crippen LogP contribution in [0, 0.1) is 12.3 Å². The second-order valence-corrected chi connectivity index (χ2v) is 7.77. The van der Waals surface area contributed by atoms with Crippen LogP contribution in [0.15, 0.2) is 40.3 Å². The molecule has 0 radical (unpaired) electrons. The number of para-hydroxylation sites is 1. The van der Waals surface area contributed by atoms with Gasteiger partial charge < -0.3 is 9.88 Å². The van der Waals surface area contributed by atoms with Gasteiger partial charge >= 0.3 is 0 Å². The number of terminal acetylenes is 1. The molecule has 0 saturated carbocycles. The van der Waals surface area contributed by atoms with E-state index < -0.39 is 0 Å². The number of fused-ring (bicyclic) bond motifs is 3. The number of hydrogen-bond acceptors (Lipinski definition) is 5. The van der Waals surface area contributed by atoms with Crippen molar-refractivity contribution in [2.24, 2.45) is 0 Å². The molecule has 3 heterocycles. The molecule has 0 aromatic heterocycles. The molecular weight excluding hydrogens is 386 g/mol. The fraction of sp³-hybridized carbons (Fsp3) is 0.333. The molecule has 7 nitrogen and oxygen atoms in total. The summed E-state index contributed by atoms with van der Waals surface area (Å²) in [5.41, 5.74) is 2.11. The van der Waals surface area contributed by atoms with Gasteiger partial charge in [0.2, 0.25) is 5.91 Å². The van der Waals surface area contributed by atoms with Crippen molar-refractivity contribution in [3.05, 3.63) is 46.4 Å². The van der Waals surface area contributed by atoms with Crippen molar-refractivity contribution in [1.82, 2.24) is 24.6 Å². The van der Waals surface area contributed by atoms with Crippen LogP contribution >= 0.6 is 11.8 Å². The maximum Gasteiger partial charge on any atom is 0.284 e. The Morgan fingerprint density at radius 1 is 1.24 bits per heavy atom. The van der Waals surface area contributed by atoms with Crippen molar-refractivity contribution in [1.29, 1.82) is 0 Å². The topological polar surface area (TPSA) is 81.8 Å². The van der Waals surface area contributed by atoms with E-state index in [0.29, 0.717) is 22.2 Å². The summed E-state index contributed by atoms with van der Waals surface area (Å²) in [6.45, 7) is 0.987. The van der Waals surface area contributed by atoms with Crippen molar-refractivity contribution >= 4 is 17.7 Å². The van der Waals surface area contributed by atoms with Gasteiger partial charge in [-0.1, -0.05) is 42.3 Å². The predicted octanol–water partition coefficient (Wildman–Crippen LogP) is 2.10. The molecular formula is C21H21N5O2S. The van der Waals surface area contributed by atoms with E-state index in [1.54, 1.807) is 0 Å². The third-order valence-electron chi connectivity index (χ3n) is 4.89. The van der Waals surface area contributed by atoms with E-state index in [1.807, 2.05) is 30.3 Å². The van der Waals surface area contributed by atoms with Gasteiger partial charge in [0.15, 0.2) is 11.0 Å². The quantitative estimate of drug-likeness (QED) is 0.398. The van der Waals surface area contributed by atoms with Crippen LogP contribution in [0.3, 0.4) is 0 Å². The van der Waals surface area contributed by atoms with Crippen molar-refractivity contribution < 1.29 is 4.79 Å². The standard InChI is InChI=1S/C21H21N5O2S/c1-2-12-22-17(27)14-29-21-23-19-18(16-11-7-4-8-13-25(16)21)20(28)26(24-19)15-9-5-3-6-10-15/h1,3,5-6,9-10H,4,7-8,11-14H2,(H,22,27). The second-order valence-electron chi connectivity index (χ2n) is 6.82. The number of hydrogen-bond donors (Lipinski definition) is 1. The number of amides is 1. The monoisotopic (exact) mass is 407 g/mol. The SMILES string of the molecule is C#CCNC(=O)CSc1nc2nn(-c3ccccc3)c(=O)c-2c2n1CCCCC2. The van der Waals surface area contributed by atoms with Crippen LogP contribution in [-0.2, 0) is 17.8 Å². The molecule has 1 aromatic carbocycles. The maximum atomic E-state index is 13.2. The zero-order valence-corrected chi connectivity index (χ0v) is 16.7. The highest BCUT2D eigenvalue weighted by molar-refractivity contribution is 7.99. The normalized spacial score (nSPS) is 13.5. The average Bonchev–Trinajstić information content (AvgIpc) is 2.91. The van der Waals surface area contributed by atoms with Crippen LogP contribution < -0.4 is 10.9 Å². The van der Waals surface area contributed by atoms with E-state index in [2.05, 4.69) is 25.9 Å². The molecule has 4 rings (SSSR count). The van der Waals surface area contributed by atoms with Crippen LogP contribution in [0.2, 0.25) is 0 Å². The minimum atomic E-state index is -0.146. The first-order valence-electron chi connectivity index (χ1n) is 9.60. The molecule has 0 aliphatic carbocycles. The maximum absolute atomic E-state index is 13.2. The first kappa shape index (κ1) is 19.3. The highest BCUT2D eigenvalue weighted by Crippen LogP contribution is 2.30. The molecule has 0 unspecified atom stereocenters. The number of rotatable bonds is 5. The van der Waals surface area contributed by atoms with Crippen molar-refractivity contribution in [2.45, 2.75) is 37.4 Å². The Morgan fingerprint density at radius 2 is 2.07 bits per heavy atom. The first-order valence-corrected chi connectivity index (χ1v) is 10.6. The highest BCUT2D eigenvalue weighted by atomic mass is 32.2. The van der Waals surface area contributed by atoms with Crippen molar-refractivity contribution in [2.75, 3.05) is 12.3 Å². The highest BCUT2D eigenvalue weighted by Gasteiger charge is 2.27. The molecule has 0 atom stereocenters. The van der Waals surface area contributed by atoms with E-state index in [9.17, 15) is 9.59 Å². The summed E-state index contributed by atoms with van der Waals surface area (Å²) in [4.78, 5) is 29.8. The van der Waals surface area contributed by atoms with Gasteiger partial charge in [-0.25, -0.2) is 4.98 Å². The molecule has 1 N–H and O–H groups in total.